The van der Waals surface area contributed by atoms with E-state index in [2.05, 4.69) is 10.6 Å². The first-order valence-corrected chi connectivity index (χ1v) is 9.28. The lowest BCUT2D eigenvalue weighted by Gasteiger charge is -2.15. The average molecular weight is 413 g/mol. The number of hydrogen-bond acceptors (Lipinski definition) is 4. The molecule has 0 aliphatic heterocycles. The number of fused-ring (bicyclic) bond motifs is 3. The monoisotopic (exact) mass is 412 g/mol. The smallest absolute Gasteiger partial charge is 0.175 e. The van der Waals surface area contributed by atoms with Gasteiger partial charge in [0.15, 0.2) is 5.11 Å². The van der Waals surface area contributed by atoms with Gasteiger partial charge in [0, 0.05) is 21.9 Å². The van der Waals surface area contributed by atoms with Crippen LogP contribution in [-0.2, 0) is 0 Å². The summed E-state index contributed by atoms with van der Waals surface area (Å²) >= 11 is 11.5. The Kier molecular flexibility index (Phi) is 4.98. The molecule has 4 rings (SSSR count). The molecule has 1 aromatic heterocycles. The molecule has 142 valence electrons. The van der Waals surface area contributed by atoms with Gasteiger partial charge in [-0.2, -0.15) is 0 Å². The van der Waals surface area contributed by atoms with E-state index in [1.54, 1.807) is 32.4 Å². The number of anilines is 2. The van der Waals surface area contributed by atoms with E-state index in [0.29, 0.717) is 33.0 Å². The van der Waals surface area contributed by atoms with Crippen LogP contribution in [0, 0.1) is 0 Å². The van der Waals surface area contributed by atoms with Crippen LogP contribution in [0.15, 0.2) is 59.0 Å². The summed E-state index contributed by atoms with van der Waals surface area (Å²) in [6.07, 6.45) is 0. The van der Waals surface area contributed by atoms with Gasteiger partial charge in [0.2, 0.25) is 0 Å². The third kappa shape index (κ3) is 3.44. The highest BCUT2D eigenvalue weighted by Crippen LogP contribution is 2.36. The fourth-order valence-corrected chi connectivity index (χ4v) is 3.46. The maximum absolute atomic E-state index is 6.08. The zero-order chi connectivity index (χ0) is 19.7. The van der Waals surface area contributed by atoms with E-state index in [1.807, 2.05) is 36.4 Å². The topological polar surface area (TPSA) is 55.7 Å². The van der Waals surface area contributed by atoms with Crippen molar-refractivity contribution >= 4 is 62.2 Å². The van der Waals surface area contributed by atoms with Gasteiger partial charge in [-0.3, -0.25) is 0 Å². The number of methoxy groups -OCH3 is 2. The quantitative estimate of drug-likeness (QED) is 0.397. The molecule has 0 unspecified atom stereocenters. The van der Waals surface area contributed by atoms with Gasteiger partial charge < -0.3 is 24.5 Å². The number of rotatable bonds is 4. The third-order valence-electron chi connectivity index (χ3n) is 4.36. The second-order valence-corrected chi connectivity index (χ2v) is 6.92. The molecule has 7 heteroatoms. The van der Waals surface area contributed by atoms with Gasteiger partial charge in [0.05, 0.1) is 25.6 Å². The van der Waals surface area contributed by atoms with Crippen LogP contribution in [0.2, 0.25) is 5.02 Å². The van der Waals surface area contributed by atoms with Crippen LogP contribution in [0.25, 0.3) is 21.9 Å². The summed E-state index contributed by atoms with van der Waals surface area (Å²) < 4.78 is 16.8. The van der Waals surface area contributed by atoms with Crippen LogP contribution in [0.4, 0.5) is 11.4 Å². The Morgan fingerprint density at radius 1 is 0.857 bits per heavy atom. The minimum absolute atomic E-state index is 0.370. The molecule has 0 saturated carbocycles. The molecule has 1 heterocycles. The van der Waals surface area contributed by atoms with Gasteiger partial charge >= 0.3 is 0 Å². The standard InChI is InChI=1S/C21H17ClN2O3S/c1-25-18-8-7-12(22)9-15(18)23-21(28)24-16-11-19-14(10-20(16)26-2)13-5-3-4-6-17(13)27-19/h3-11H,1-2H3,(H2,23,24,28). The number of halogens is 1. The maximum Gasteiger partial charge on any atom is 0.175 e. The highest BCUT2D eigenvalue weighted by molar-refractivity contribution is 7.80. The summed E-state index contributed by atoms with van der Waals surface area (Å²) in [6.45, 7) is 0. The largest absolute Gasteiger partial charge is 0.495 e. The van der Waals surface area contributed by atoms with Crippen molar-refractivity contribution < 1.29 is 13.9 Å². The molecule has 5 nitrogen and oxygen atoms in total. The van der Waals surface area contributed by atoms with Crippen molar-refractivity contribution in [2.75, 3.05) is 24.9 Å². The van der Waals surface area contributed by atoms with E-state index in [1.165, 1.54) is 0 Å². The molecule has 3 aromatic carbocycles. The normalized spacial score (nSPS) is 10.8. The fourth-order valence-electron chi connectivity index (χ4n) is 3.07. The Balaban J connectivity index is 1.66. The number of para-hydroxylation sites is 1. The van der Waals surface area contributed by atoms with Gasteiger partial charge in [-0.05, 0) is 42.5 Å². The van der Waals surface area contributed by atoms with Crippen LogP contribution in [-0.4, -0.2) is 19.3 Å². The fraction of sp³-hybridized carbons (Fsp3) is 0.0952. The van der Waals surface area contributed by atoms with Crippen molar-refractivity contribution in [1.29, 1.82) is 0 Å². The summed E-state index contributed by atoms with van der Waals surface area (Å²) in [4.78, 5) is 0. The van der Waals surface area contributed by atoms with Gasteiger partial charge in [-0.15, -0.1) is 0 Å². The molecule has 2 N–H and O–H groups in total. The van der Waals surface area contributed by atoms with Crippen LogP contribution in [0.1, 0.15) is 0 Å². The van der Waals surface area contributed by atoms with E-state index in [4.69, 9.17) is 37.7 Å². The van der Waals surface area contributed by atoms with Crippen LogP contribution >= 0.6 is 23.8 Å². The van der Waals surface area contributed by atoms with Gasteiger partial charge in [-0.1, -0.05) is 29.8 Å². The second kappa shape index (κ2) is 7.58. The number of thiocarbonyl (C=S) groups is 1. The highest BCUT2D eigenvalue weighted by atomic mass is 35.5. The molecule has 0 saturated heterocycles. The van der Waals surface area contributed by atoms with Gasteiger partial charge in [0.1, 0.15) is 22.7 Å². The Bertz CT molecular complexity index is 1190. The number of hydrogen-bond donors (Lipinski definition) is 2. The Labute approximate surface area is 172 Å². The first-order chi connectivity index (χ1) is 13.6. The minimum atomic E-state index is 0.370. The van der Waals surface area contributed by atoms with E-state index < -0.39 is 0 Å². The predicted octanol–water partition coefficient (Wildman–Crippen LogP) is 6.07. The molecule has 0 fully saturated rings. The van der Waals surface area contributed by atoms with Crippen molar-refractivity contribution in [1.82, 2.24) is 0 Å². The van der Waals surface area contributed by atoms with E-state index in [0.717, 1.165) is 21.9 Å². The predicted molar refractivity (Wildman–Crippen MR) is 118 cm³/mol. The number of ether oxygens (including phenoxy) is 2. The van der Waals surface area contributed by atoms with Crippen molar-refractivity contribution in [2.45, 2.75) is 0 Å². The zero-order valence-corrected chi connectivity index (χ0v) is 16.8. The molecule has 0 aliphatic carbocycles. The first kappa shape index (κ1) is 18.4. The Morgan fingerprint density at radius 2 is 1.57 bits per heavy atom. The minimum Gasteiger partial charge on any atom is -0.495 e. The van der Waals surface area contributed by atoms with E-state index >= 15 is 0 Å². The summed E-state index contributed by atoms with van der Waals surface area (Å²) in [5.41, 5.74) is 2.91. The van der Waals surface area contributed by atoms with Gasteiger partial charge in [-0.25, -0.2) is 0 Å². The molecule has 4 aromatic rings. The van der Waals surface area contributed by atoms with E-state index in [9.17, 15) is 0 Å². The molecule has 0 aliphatic rings. The number of benzene rings is 3. The molecule has 0 amide bonds. The van der Waals surface area contributed by atoms with Crippen molar-refractivity contribution in [2.24, 2.45) is 0 Å². The molecular formula is C21H17ClN2O3S. The molecule has 0 atom stereocenters. The SMILES string of the molecule is COc1ccc(Cl)cc1NC(=S)Nc1cc2oc3ccccc3c2cc1OC. The zero-order valence-electron chi connectivity index (χ0n) is 15.2. The summed E-state index contributed by atoms with van der Waals surface area (Å²) in [7, 11) is 3.20. The average Bonchev–Trinajstić information content (AvgIpc) is 3.04. The summed E-state index contributed by atoms with van der Waals surface area (Å²) in [5.74, 6) is 1.29. The molecular weight excluding hydrogens is 396 g/mol. The second-order valence-electron chi connectivity index (χ2n) is 6.07. The summed E-state index contributed by atoms with van der Waals surface area (Å²) in [5, 5.41) is 9.22. The van der Waals surface area contributed by atoms with Crippen molar-refractivity contribution in [3.8, 4) is 11.5 Å². The third-order valence-corrected chi connectivity index (χ3v) is 4.80. The Hall–Kier alpha value is -2.96. The lowest BCUT2D eigenvalue weighted by molar-refractivity contribution is 0.417. The Morgan fingerprint density at radius 3 is 2.32 bits per heavy atom. The first-order valence-electron chi connectivity index (χ1n) is 8.50. The van der Waals surface area contributed by atoms with Crippen molar-refractivity contribution in [3.63, 3.8) is 0 Å². The molecule has 0 bridgehead atoms. The lowest BCUT2D eigenvalue weighted by Crippen LogP contribution is -2.19. The molecule has 0 spiro atoms. The van der Waals surface area contributed by atoms with Crippen LogP contribution in [0.5, 0.6) is 11.5 Å². The van der Waals surface area contributed by atoms with Crippen molar-refractivity contribution in [3.05, 3.63) is 59.6 Å². The number of furan rings is 1. The van der Waals surface area contributed by atoms with E-state index in [-0.39, 0.29) is 0 Å². The van der Waals surface area contributed by atoms with Gasteiger partial charge in [0.25, 0.3) is 0 Å². The van der Waals surface area contributed by atoms with Crippen LogP contribution in [0.3, 0.4) is 0 Å². The maximum atomic E-state index is 6.08. The highest BCUT2D eigenvalue weighted by Gasteiger charge is 2.14. The summed E-state index contributed by atoms with van der Waals surface area (Å²) in [6, 6.07) is 17.0. The lowest BCUT2D eigenvalue weighted by atomic mass is 10.1. The van der Waals surface area contributed by atoms with Crippen LogP contribution < -0.4 is 20.1 Å². The number of nitrogens with one attached hydrogen (secondary N) is 2. The molecule has 0 radical (unpaired) electrons. The molecule has 28 heavy (non-hydrogen) atoms.